The number of carboxylic acids is 1. The summed E-state index contributed by atoms with van der Waals surface area (Å²) < 4.78 is 5.42. The van der Waals surface area contributed by atoms with Crippen LogP contribution >= 0.6 is 12.4 Å². The summed E-state index contributed by atoms with van der Waals surface area (Å²) in [5.74, 6) is -0.0883. The predicted molar refractivity (Wildman–Crippen MR) is 87.1 cm³/mol. The van der Waals surface area contributed by atoms with Crippen molar-refractivity contribution in [2.75, 3.05) is 26.3 Å². The molecule has 2 heterocycles. The number of benzene rings is 1. The van der Waals surface area contributed by atoms with Crippen LogP contribution in [0.25, 0.3) is 0 Å². The number of rotatable bonds is 4. The molecule has 22 heavy (non-hydrogen) atoms. The lowest BCUT2D eigenvalue weighted by Gasteiger charge is -2.29. The van der Waals surface area contributed by atoms with Crippen LogP contribution in [-0.4, -0.2) is 42.3 Å². The second kappa shape index (κ2) is 7.95. The lowest BCUT2D eigenvalue weighted by atomic mass is 9.80. The van der Waals surface area contributed by atoms with Crippen LogP contribution in [0.4, 0.5) is 0 Å². The lowest BCUT2D eigenvalue weighted by Crippen LogP contribution is -2.31. The number of hydrogen-bond donors (Lipinski definition) is 1. The second-order valence-corrected chi connectivity index (χ2v) is 6.24. The van der Waals surface area contributed by atoms with Gasteiger partial charge in [-0.2, -0.15) is 0 Å². The first kappa shape index (κ1) is 17.3. The van der Waals surface area contributed by atoms with E-state index in [2.05, 4.69) is 17.0 Å². The maximum absolute atomic E-state index is 11.6. The molecule has 0 bridgehead atoms. The maximum Gasteiger partial charge on any atom is 0.308 e. The van der Waals surface area contributed by atoms with E-state index >= 15 is 0 Å². The Bertz CT molecular complexity index is 476. The minimum Gasteiger partial charge on any atom is -0.481 e. The summed E-state index contributed by atoms with van der Waals surface area (Å²) in [5.41, 5.74) is 1.26. The average Bonchev–Trinajstić information content (AvgIpc) is 2.93. The molecule has 5 heteroatoms. The van der Waals surface area contributed by atoms with Gasteiger partial charge in [0.1, 0.15) is 0 Å². The highest BCUT2D eigenvalue weighted by molar-refractivity contribution is 5.85. The lowest BCUT2D eigenvalue weighted by molar-refractivity contribution is -0.143. The van der Waals surface area contributed by atoms with Gasteiger partial charge in [-0.3, -0.25) is 9.69 Å². The van der Waals surface area contributed by atoms with Crippen molar-refractivity contribution in [2.45, 2.75) is 19.4 Å². The van der Waals surface area contributed by atoms with Crippen LogP contribution < -0.4 is 0 Å². The van der Waals surface area contributed by atoms with Crippen LogP contribution in [0.1, 0.15) is 18.4 Å². The van der Waals surface area contributed by atoms with Gasteiger partial charge in [-0.1, -0.05) is 30.3 Å². The third kappa shape index (κ3) is 4.00. The van der Waals surface area contributed by atoms with Crippen LogP contribution in [-0.2, 0) is 16.1 Å². The van der Waals surface area contributed by atoms with Gasteiger partial charge < -0.3 is 9.84 Å². The van der Waals surface area contributed by atoms with Gasteiger partial charge in [0.05, 0.1) is 5.92 Å². The van der Waals surface area contributed by atoms with Crippen molar-refractivity contribution in [1.82, 2.24) is 4.90 Å². The predicted octanol–water partition coefficient (Wildman–Crippen LogP) is 2.67. The van der Waals surface area contributed by atoms with E-state index in [1.165, 1.54) is 5.56 Å². The third-order valence-corrected chi connectivity index (χ3v) is 4.88. The summed E-state index contributed by atoms with van der Waals surface area (Å²) in [6.07, 6.45) is 2.02. The van der Waals surface area contributed by atoms with Crippen LogP contribution in [0.5, 0.6) is 0 Å². The first-order chi connectivity index (χ1) is 10.2. The third-order valence-electron chi connectivity index (χ3n) is 4.88. The van der Waals surface area contributed by atoms with Crippen LogP contribution in [0.2, 0.25) is 0 Å². The molecule has 2 unspecified atom stereocenters. The molecule has 2 atom stereocenters. The molecule has 0 saturated carbocycles. The molecule has 1 aromatic rings. The van der Waals surface area contributed by atoms with Crippen LogP contribution in [0, 0.1) is 17.8 Å². The van der Waals surface area contributed by atoms with Crippen LogP contribution in [0.3, 0.4) is 0 Å². The van der Waals surface area contributed by atoms with E-state index in [-0.39, 0.29) is 24.2 Å². The van der Waals surface area contributed by atoms with Crippen molar-refractivity contribution in [3.8, 4) is 0 Å². The van der Waals surface area contributed by atoms with E-state index in [0.29, 0.717) is 12.5 Å². The first-order valence-corrected chi connectivity index (χ1v) is 7.81. The molecule has 0 aliphatic carbocycles. The van der Waals surface area contributed by atoms with Gasteiger partial charge in [0.25, 0.3) is 0 Å². The molecule has 0 amide bonds. The van der Waals surface area contributed by atoms with E-state index in [0.717, 1.165) is 39.1 Å². The quantitative estimate of drug-likeness (QED) is 0.924. The maximum atomic E-state index is 11.6. The topological polar surface area (TPSA) is 49.8 Å². The largest absolute Gasteiger partial charge is 0.481 e. The van der Waals surface area contributed by atoms with E-state index in [4.69, 9.17) is 4.74 Å². The monoisotopic (exact) mass is 325 g/mol. The Morgan fingerprint density at radius 1 is 1.18 bits per heavy atom. The molecule has 2 aliphatic heterocycles. The van der Waals surface area contributed by atoms with E-state index < -0.39 is 5.97 Å². The second-order valence-electron chi connectivity index (χ2n) is 6.24. The Morgan fingerprint density at radius 2 is 1.86 bits per heavy atom. The molecule has 2 fully saturated rings. The highest BCUT2D eigenvalue weighted by atomic mass is 35.5. The molecule has 122 valence electrons. The fourth-order valence-corrected chi connectivity index (χ4v) is 3.77. The molecule has 2 aliphatic rings. The Labute approximate surface area is 137 Å². The van der Waals surface area contributed by atoms with Crippen molar-refractivity contribution in [3.05, 3.63) is 35.9 Å². The summed E-state index contributed by atoms with van der Waals surface area (Å²) in [6, 6.07) is 10.3. The zero-order valence-corrected chi connectivity index (χ0v) is 13.5. The van der Waals surface area contributed by atoms with E-state index in [9.17, 15) is 9.90 Å². The highest BCUT2D eigenvalue weighted by Crippen LogP contribution is 2.36. The van der Waals surface area contributed by atoms with Gasteiger partial charge in [-0.15, -0.1) is 12.4 Å². The molecular weight excluding hydrogens is 302 g/mol. The zero-order chi connectivity index (χ0) is 14.7. The number of ether oxygens (including phenoxy) is 1. The molecule has 1 aromatic carbocycles. The number of halogens is 1. The van der Waals surface area contributed by atoms with Crippen LogP contribution in [0.15, 0.2) is 30.3 Å². The molecule has 4 nitrogen and oxygen atoms in total. The molecule has 3 rings (SSSR count). The van der Waals surface area contributed by atoms with E-state index in [1.54, 1.807) is 0 Å². The molecule has 2 saturated heterocycles. The minimum absolute atomic E-state index is 0. The van der Waals surface area contributed by atoms with Crippen molar-refractivity contribution >= 4 is 18.4 Å². The zero-order valence-electron chi connectivity index (χ0n) is 12.7. The summed E-state index contributed by atoms with van der Waals surface area (Å²) >= 11 is 0. The van der Waals surface area contributed by atoms with E-state index in [1.807, 2.05) is 18.2 Å². The molecule has 0 radical (unpaired) electrons. The Balaban J connectivity index is 0.00000176. The molecule has 0 aromatic heterocycles. The Hall–Kier alpha value is -1.10. The fraction of sp³-hybridized carbons (Fsp3) is 0.588. The summed E-state index contributed by atoms with van der Waals surface area (Å²) in [6.45, 7) is 3.99. The standard InChI is InChI=1S/C17H23NO3.ClH/c19-17(20)16-12-18(10-13-4-2-1-3-5-13)11-15(16)14-6-8-21-9-7-14;/h1-5,14-16H,6-12H2,(H,19,20);1H. The van der Waals surface area contributed by atoms with Crippen molar-refractivity contribution in [1.29, 1.82) is 0 Å². The van der Waals surface area contributed by atoms with Crippen molar-refractivity contribution < 1.29 is 14.6 Å². The normalized spacial score (nSPS) is 26.5. The summed E-state index contributed by atoms with van der Waals surface area (Å²) in [7, 11) is 0. The van der Waals surface area contributed by atoms with Gasteiger partial charge in [0, 0.05) is 32.8 Å². The van der Waals surface area contributed by atoms with Gasteiger partial charge in [0.15, 0.2) is 0 Å². The summed E-state index contributed by atoms with van der Waals surface area (Å²) in [4.78, 5) is 13.9. The fourth-order valence-electron chi connectivity index (χ4n) is 3.77. The summed E-state index contributed by atoms with van der Waals surface area (Å²) in [5, 5.41) is 9.54. The van der Waals surface area contributed by atoms with Crippen molar-refractivity contribution in [2.24, 2.45) is 17.8 Å². The van der Waals surface area contributed by atoms with Gasteiger partial charge in [-0.05, 0) is 30.2 Å². The Morgan fingerprint density at radius 3 is 2.50 bits per heavy atom. The highest BCUT2D eigenvalue weighted by Gasteiger charge is 2.41. The molecule has 1 N–H and O–H groups in total. The van der Waals surface area contributed by atoms with Gasteiger partial charge in [0.2, 0.25) is 0 Å². The first-order valence-electron chi connectivity index (χ1n) is 7.81. The molecular formula is C17H24ClNO3. The number of hydrogen-bond acceptors (Lipinski definition) is 3. The number of carboxylic acid groups (broad SMARTS) is 1. The number of aliphatic carboxylic acids is 1. The van der Waals surface area contributed by atoms with Gasteiger partial charge in [-0.25, -0.2) is 0 Å². The van der Waals surface area contributed by atoms with Gasteiger partial charge >= 0.3 is 5.97 Å². The number of nitrogens with zero attached hydrogens (tertiary/aromatic N) is 1. The smallest absolute Gasteiger partial charge is 0.308 e. The minimum atomic E-state index is -0.637. The SMILES string of the molecule is Cl.O=C(O)C1CN(Cc2ccccc2)CC1C1CCOCC1. The Kier molecular flexibility index (Phi) is 6.24. The van der Waals surface area contributed by atoms with Crippen molar-refractivity contribution in [3.63, 3.8) is 0 Å². The molecule has 0 spiro atoms. The number of likely N-dealkylation sites (tertiary alicyclic amines) is 1. The number of carbonyl (C=O) groups is 1. The average molecular weight is 326 g/mol.